The van der Waals surface area contributed by atoms with Gasteiger partial charge in [-0.2, -0.15) is 0 Å². The highest BCUT2D eigenvalue weighted by molar-refractivity contribution is 6.03. The highest BCUT2D eigenvalue weighted by Gasteiger charge is 2.32. The Labute approximate surface area is 122 Å². The third kappa shape index (κ3) is 3.43. The van der Waals surface area contributed by atoms with Crippen LogP contribution < -0.4 is 15.0 Å². The predicted octanol–water partition coefficient (Wildman–Crippen LogP) is 0.269. The summed E-state index contributed by atoms with van der Waals surface area (Å²) in [7, 11) is 1.54. The number of phenols is 1. The molecule has 7 heteroatoms. The van der Waals surface area contributed by atoms with Gasteiger partial charge in [0.2, 0.25) is 5.91 Å². The van der Waals surface area contributed by atoms with Gasteiger partial charge in [0.25, 0.3) is 5.91 Å². The number of methoxy groups -OCH3 is 1. The van der Waals surface area contributed by atoms with Gasteiger partial charge >= 0.3 is 0 Å². The molecule has 0 saturated heterocycles. The topological polar surface area (TPSA) is 88.1 Å². The number of aromatic hydroxyl groups is 1. The summed E-state index contributed by atoms with van der Waals surface area (Å²) in [6, 6.07) is 4.45. The lowest BCUT2D eigenvalue weighted by atomic mass is 10.1. The molecule has 2 rings (SSSR count). The zero-order chi connectivity index (χ0) is 15.4. The molecule has 1 heterocycles. The van der Waals surface area contributed by atoms with Gasteiger partial charge in [0.05, 0.1) is 12.3 Å². The Hall–Kier alpha value is -2.28. The molecule has 1 aliphatic heterocycles. The first-order valence-electron chi connectivity index (χ1n) is 6.59. The monoisotopic (exact) mass is 294 g/mol. The number of rotatable bonds is 5. The maximum Gasteiger partial charge on any atom is 0.268 e. The van der Waals surface area contributed by atoms with Gasteiger partial charge in [0, 0.05) is 19.7 Å². The average Bonchev–Trinajstić information content (AvgIpc) is 2.45. The smallest absolute Gasteiger partial charge is 0.268 e. The summed E-state index contributed by atoms with van der Waals surface area (Å²) < 4.78 is 10.3. The minimum Gasteiger partial charge on any atom is -0.508 e. The number of benzene rings is 1. The molecule has 0 aromatic heterocycles. The molecule has 1 aromatic rings. The average molecular weight is 294 g/mol. The number of carbonyl (C=O) groups excluding carboxylic acids is 2. The van der Waals surface area contributed by atoms with Crippen LogP contribution in [0.4, 0.5) is 5.69 Å². The van der Waals surface area contributed by atoms with Crippen LogP contribution in [-0.4, -0.2) is 49.8 Å². The number of phenolic OH excluding ortho intramolecular Hbond substituents is 1. The van der Waals surface area contributed by atoms with Crippen molar-refractivity contribution in [3.63, 3.8) is 0 Å². The van der Waals surface area contributed by atoms with Gasteiger partial charge in [-0.1, -0.05) is 0 Å². The maximum absolute atomic E-state index is 12.2. The zero-order valence-electron chi connectivity index (χ0n) is 12.0. The molecule has 114 valence electrons. The lowest BCUT2D eigenvalue weighted by Gasteiger charge is -2.32. The molecule has 1 atom stereocenters. The van der Waals surface area contributed by atoms with Gasteiger partial charge in [0.1, 0.15) is 18.0 Å². The number of anilines is 1. The van der Waals surface area contributed by atoms with Gasteiger partial charge in [0.15, 0.2) is 6.10 Å². The molecule has 0 spiro atoms. The van der Waals surface area contributed by atoms with E-state index in [1.165, 1.54) is 17.0 Å². The van der Waals surface area contributed by atoms with Gasteiger partial charge < -0.3 is 19.9 Å². The van der Waals surface area contributed by atoms with Crippen LogP contribution in [-0.2, 0) is 14.3 Å². The first-order valence-corrected chi connectivity index (χ1v) is 6.59. The molecule has 0 saturated carbocycles. The number of nitrogens with one attached hydrogen (secondary N) is 1. The highest BCUT2D eigenvalue weighted by Crippen LogP contribution is 2.36. The van der Waals surface area contributed by atoms with E-state index in [0.717, 1.165) is 0 Å². The Bertz CT molecular complexity index is 546. The largest absolute Gasteiger partial charge is 0.508 e. The van der Waals surface area contributed by atoms with Crippen LogP contribution in [0.2, 0.25) is 0 Å². The van der Waals surface area contributed by atoms with Crippen LogP contribution in [0, 0.1) is 0 Å². The molecule has 0 radical (unpaired) electrons. The molecule has 7 nitrogen and oxygen atoms in total. The number of carbonyl (C=O) groups is 2. The van der Waals surface area contributed by atoms with Crippen LogP contribution in [0.25, 0.3) is 0 Å². The second-order valence-electron chi connectivity index (χ2n) is 4.68. The number of nitrogens with zero attached hydrogens (tertiary/aromatic N) is 1. The summed E-state index contributed by atoms with van der Waals surface area (Å²) in [6.45, 7) is 2.26. The van der Waals surface area contributed by atoms with Crippen molar-refractivity contribution in [2.75, 3.05) is 31.7 Å². The van der Waals surface area contributed by atoms with E-state index in [4.69, 9.17) is 9.47 Å². The normalized spacial score (nSPS) is 17.1. The van der Waals surface area contributed by atoms with E-state index < -0.39 is 6.10 Å². The van der Waals surface area contributed by atoms with Crippen molar-refractivity contribution in [1.82, 2.24) is 5.32 Å². The molecule has 1 aromatic carbocycles. The lowest BCUT2D eigenvalue weighted by Crippen LogP contribution is -2.49. The van der Waals surface area contributed by atoms with Crippen molar-refractivity contribution in [2.45, 2.75) is 13.0 Å². The molecule has 0 fully saturated rings. The van der Waals surface area contributed by atoms with Crippen molar-refractivity contribution >= 4 is 17.5 Å². The molecule has 2 amide bonds. The van der Waals surface area contributed by atoms with Crippen LogP contribution in [0.3, 0.4) is 0 Å². The molecule has 2 N–H and O–H groups in total. The van der Waals surface area contributed by atoms with Gasteiger partial charge in [-0.25, -0.2) is 0 Å². The SMILES string of the molecule is COCCNC(=O)CN1C(=O)C(C)Oc2ccc(O)cc21. The van der Waals surface area contributed by atoms with Crippen LogP contribution >= 0.6 is 0 Å². The molecular weight excluding hydrogens is 276 g/mol. The van der Waals surface area contributed by atoms with Crippen molar-refractivity contribution in [2.24, 2.45) is 0 Å². The van der Waals surface area contributed by atoms with Gasteiger partial charge in [-0.15, -0.1) is 0 Å². The summed E-state index contributed by atoms with van der Waals surface area (Å²) >= 11 is 0. The maximum atomic E-state index is 12.2. The minimum atomic E-state index is -0.672. The third-order valence-corrected chi connectivity index (χ3v) is 3.08. The van der Waals surface area contributed by atoms with Crippen LogP contribution in [0.5, 0.6) is 11.5 Å². The van der Waals surface area contributed by atoms with E-state index in [1.807, 2.05) is 0 Å². The predicted molar refractivity (Wildman–Crippen MR) is 75.4 cm³/mol. The summed E-state index contributed by atoms with van der Waals surface area (Å²) in [5.74, 6) is -0.159. The van der Waals surface area contributed by atoms with Gasteiger partial charge in [-0.05, 0) is 19.1 Å². The first kappa shape index (κ1) is 15.1. The molecule has 1 unspecified atom stereocenters. The quantitative estimate of drug-likeness (QED) is 0.761. The minimum absolute atomic E-state index is 0.00416. The number of amides is 2. The standard InChI is InChI=1S/C14H18N2O5/c1-9-14(19)16(8-13(18)15-5-6-20-2)11-7-10(17)3-4-12(11)21-9/h3-4,7,9,17H,5-6,8H2,1-2H3,(H,15,18). The van der Waals surface area contributed by atoms with Gasteiger partial charge in [-0.3, -0.25) is 14.5 Å². The second kappa shape index (κ2) is 6.45. The summed E-state index contributed by atoms with van der Waals surface area (Å²) in [4.78, 5) is 25.4. The van der Waals surface area contributed by atoms with Crippen molar-refractivity contribution < 1.29 is 24.2 Å². The fourth-order valence-electron chi connectivity index (χ4n) is 2.05. The molecule has 21 heavy (non-hydrogen) atoms. The fourth-order valence-corrected chi connectivity index (χ4v) is 2.05. The van der Waals surface area contributed by atoms with E-state index in [1.54, 1.807) is 20.1 Å². The van der Waals surface area contributed by atoms with Crippen molar-refractivity contribution in [1.29, 1.82) is 0 Å². The van der Waals surface area contributed by atoms with Crippen LogP contribution in [0.1, 0.15) is 6.92 Å². The third-order valence-electron chi connectivity index (χ3n) is 3.08. The number of ether oxygens (including phenoxy) is 2. The summed E-state index contributed by atoms with van der Waals surface area (Å²) in [5, 5.41) is 12.2. The summed E-state index contributed by atoms with van der Waals surface area (Å²) in [6.07, 6.45) is -0.672. The Morgan fingerprint density at radius 2 is 2.29 bits per heavy atom. The fraction of sp³-hybridized carbons (Fsp3) is 0.429. The Morgan fingerprint density at radius 1 is 1.52 bits per heavy atom. The van der Waals surface area contributed by atoms with E-state index in [-0.39, 0.29) is 24.1 Å². The van der Waals surface area contributed by atoms with Crippen molar-refractivity contribution in [3.05, 3.63) is 18.2 Å². The van der Waals surface area contributed by atoms with Crippen molar-refractivity contribution in [3.8, 4) is 11.5 Å². The molecule has 0 aliphatic carbocycles. The zero-order valence-corrected chi connectivity index (χ0v) is 12.0. The molecular formula is C14H18N2O5. The second-order valence-corrected chi connectivity index (χ2v) is 4.68. The lowest BCUT2D eigenvalue weighted by molar-refractivity contribution is -0.128. The van der Waals surface area contributed by atoms with E-state index in [0.29, 0.717) is 24.6 Å². The molecule has 1 aliphatic rings. The number of hydrogen-bond acceptors (Lipinski definition) is 5. The Balaban J connectivity index is 2.15. The highest BCUT2D eigenvalue weighted by atomic mass is 16.5. The van der Waals surface area contributed by atoms with E-state index in [9.17, 15) is 14.7 Å². The van der Waals surface area contributed by atoms with E-state index >= 15 is 0 Å². The van der Waals surface area contributed by atoms with E-state index in [2.05, 4.69) is 5.32 Å². The Kier molecular flexibility index (Phi) is 4.64. The molecule has 0 bridgehead atoms. The summed E-state index contributed by atoms with van der Waals surface area (Å²) in [5.41, 5.74) is 0.389. The van der Waals surface area contributed by atoms with Crippen LogP contribution in [0.15, 0.2) is 18.2 Å². The first-order chi connectivity index (χ1) is 10.0. The Morgan fingerprint density at radius 3 is 3.00 bits per heavy atom. The number of fused-ring (bicyclic) bond motifs is 1. The number of hydrogen-bond donors (Lipinski definition) is 2.